The molecule has 0 amide bonds. The van der Waals surface area contributed by atoms with Crippen molar-refractivity contribution in [2.45, 2.75) is 0 Å². The fourth-order valence-corrected chi connectivity index (χ4v) is 6.91. The molecule has 0 bridgehead atoms. The third-order valence-corrected chi connectivity index (χ3v) is 9.52. The summed E-state index contributed by atoms with van der Waals surface area (Å²) in [6.07, 6.45) is 0. The van der Waals surface area contributed by atoms with Gasteiger partial charge in [0.25, 0.3) is 0 Å². The maximum Gasteiger partial charge on any atom is 0.115 e. The van der Waals surface area contributed by atoms with Crippen LogP contribution in [0.25, 0.3) is 77.9 Å². The highest BCUT2D eigenvalue weighted by Gasteiger charge is 2.17. The monoisotopic (exact) mass is 674 g/mol. The Kier molecular flexibility index (Phi) is 8.48. The molecule has 8 aromatic rings. The Morgan fingerprint density at radius 2 is 0.385 bits per heavy atom. The molecule has 4 heteroatoms. The molecule has 52 heavy (non-hydrogen) atoms. The third kappa shape index (κ3) is 6.37. The number of benzene rings is 8. The van der Waals surface area contributed by atoms with Gasteiger partial charge in [-0.3, -0.25) is 0 Å². The van der Waals surface area contributed by atoms with Gasteiger partial charge in [-0.2, -0.15) is 0 Å². The zero-order chi connectivity index (χ0) is 35.6. The molecule has 0 unspecified atom stereocenters. The summed E-state index contributed by atoms with van der Waals surface area (Å²) in [5, 5.41) is 39.9. The molecule has 4 nitrogen and oxygen atoms in total. The van der Waals surface area contributed by atoms with Crippen molar-refractivity contribution < 1.29 is 20.4 Å². The van der Waals surface area contributed by atoms with Crippen LogP contribution in [-0.4, -0.2) is 20.4 Å². The van der Waals surface area contributed by atoms with Crippen LogP contribution in [0.1, 0.15) is 0 Å². The molecule has 8 rings (SSSR count). The Hall–Kier alpha value is -7.04. The minimum atomic E-state index is 0.218. The van der Waals surface area contributed by atoms with Gasteiger partial charge >= 0.3 is 0 Å². The van der Waals surface area contributed by atoms with Crippen LogP contribution >= 0.6 is 0 Å². The lowest BCUT2D eigenvalue weighted by Gasteiger charge is -2.18. The van der Waals surface area contributed by atoms with Crippen LogP contribution in [0.4, 0.5) is 0 Å². The van der Waals surface area contributed by atoms with Crippen molar-refractivity contribution in [3.8, 4) is 101 Å². The van der Waals surface area contributed by atoms with Crippen molar-refractivity contribution in [2.24, 2.45) is 0 Å². The Balaban J connectivity index is 1.19. The Morgan fingerprint density at radius 1 is 0.192 bits per heavy atom. The molecule has 0 aliphatic carbocycles. The molecule has 0 saturated heterocycles. The van der Waals surface area contributed by atoms with Gasteiger partial charge in [0.15, 0.2) is 0 Å². The molecule has 4 N–H and O–H groups in total. The number of aromatic hydroxyl groups is 4. The fourth-order valence-electron chi connectivity index (χ4n) is 6.91. The van der Waals surface area contributed by atoms with Crippen molar-refractivity contribution in [2.75, 3.05) is 0 Å². The zero-order valence-corrected chi connectivity index (χ0v) is 28.1. The van der Waals surface area contributed by atoms with Crippen molar-refractivity contribution in [3.05, 3.63) is 182 Å². The summed E-state index contributed by atoms with van der Waals surface area (Å²) in [6.45, 7) is 0. The molecule has 0 aliphatic rings. The van der Waals surface area contributed by atoms with Gasteiger partial charge in [-0.1, -0.05) is 133 Å². The Labute approximate surface area is 302 Å². The number of hydrogen-bond acceptors (Lipinski definition) is 4. The van der Waals surface area contributed by atoms with Crippen molar-refractivity contribution in [3.63, 3.8) is 0 Å². The van der Waals surface area contributed by atoms with E-state index in [0.717, 1.165) is 77.9 Å². The van der Waals surface area contributed by atoms with Gasteiger partial charge in [0.05, 0.1) is 0 Å². The van der Waals surface area contributed by atoms with Crippen molar-refractivity contribution in [1.29, 1.82) is 0 Å². The molecule has 0 spiro atoms. The Bertz CT molecular complexity index is 2170. The van der Waals surface area contributed by atoms with E-state index in [1.807, 2.05) is 60.7 Å². The standard InChI is InChI=1S/C48H34O4/c49-39-23-15-33(16-24-39)43-3-1-4-44(34-17-25-40(50)26-18-34)47(43)37-11-7-31(8-12-37)32-9-13-38(14-10-32)48-45(35-19-27-41(51)28-20-35)5-2-6-46(48)36-21-29-42(52)30-22-36/h1-30,49-52H. The quantitative estimate of drug-likeness (QED) is 0.136. The second-order valence-corrected chi connectivity index (χ2v) is 12.8. The molecule has 0 aliphatic heterocycles. The van der Waals surface area contributed by atoms with Gasteiger partial charge in [-0.25, -0.2) is 0 Å². The van der Waals surface area contributed by atoms with Crippen LogP contribution in [-0.2, 0) is 0 Å². The predicted molar refractivity (Wildman–Crippen MR) is 211 cm³/mol. The van der Waals surface area contributed by atoms with E-state index in [4.69, 9.17) is 0 Å². The maximum absolute atomic E-state index is 9.98. The van der Waals surface area contributed by atoms with Crippen molar-refractivity contribution in [1.82, 2.24) is 0 Å². The summed E-state index contributed by atoms with van der Waals surface area (Å²) in [5.41, 5.74) is 14.5. The molecule has 8 aromatic carbocycles. The minimum absolute atomic E-state index is 0.218. The van der Waals surface area contributed by atoms with Crippen molar-refractivity contribution >= 4 is 0 Å². The van der Waals surface area contributed by atoms with E-state index in [-0.39, 0.29) is 23.0 Å². The smallest absolute Gasteiger partial charge is 0.115 e. The third-order valence-electron chi connectivity index (χ3n) is 9.52. The van der Waals surface area contributed by atoms with E-state index in [1.165, 1.54) is 0 Å². The van der Waals surface area contributed by atoms with Crippen LogP contribution in [0.5, 0.6) is 23.0 Å². The molecule has 0 heterocycles. The van der Waals surface area contributed by atoms with Gasteiger partial charge in [-0.05, 0) is 126 Å². The minimum Gasteiger partial charge on any atom is -0.508 e. The SMILES string of the molecule is Oc1ccc(-c2cccc(-c3ccc(O)cc3)c2-c2ccc(-c3ccc(-c4c(-c5ccc(O)cc5)cccc4-c4ccc(O)cc4)cc3)cc2)cc1. The summed E-state index contributed by atoms with van der Waals surface area (Å²) >= 11 is 0. The Morgan fingerprint density at radius 3 is 0.615 bits per heavy atom. The summed E-state index contributed by atoms with van der Waals surface area (Å²) in [5.74, 6) is 0.873. The summed E-state index contributed by atoms with van der Waals surface area (Å²) in [6, 6.07) is 58.7. The summed E-state index contributed by atoms with van der Waals surface area (Å²) in [7, 11) is 0. The van der Waals surface area contributed by atoms with Crippen LogP contribution in [0, 0.1) is 0 Å². The summed E-state index contributed by atoms with van der Waals surface area (Å²) in [4.78, 5) is 0. The number of phenolic OH excluding ortho intramolecular Hbond substituents is 4. The van der Waals surface area contributed by atoms with Crippen LogP contribution in [0.15, 0.2) is 182 Å². The normalized spacial score (nSPS) is 11.0. The molecule has 0 aromatic heterocycles. The first-order valence-corrected chi connectivity index (χ1v) is 17.1. The number of rotatable bonds is 7. The first kappa shape index (κ1) is 32.2. The largest absolute Gasteiger partial charge is 0.508 e. The second kappa shape index (κ2) is 13.7. The topological polar surface area (TPSA) is 80.9 Å². The zero-order valence-electron chi connectivity index (χ0n) is 28.1. The number of hydrogen-bond donors (Lipinski definition) is 4. The predicted octanol–water partition coefficient (Wildman–Crippen LogP) is 12.2. The highest BCUT2D eigenvalue weighted by atomic mass is 16.3. The molecule has 0 fully saturated rings. The molecule has 250 valence electrons. The van der Waals surface area contributed by atoms with E-state index in [1.54, 1.807) is 48.5 Å². The van der Waals surface area contributed by atoms with Gasteiger partial charge in [0.2, 0.25) is 0 Å². The van der Waals surface area contributed by atoms with E-state index in [2.05, 4.69) is 72.8 Å². The average Bonchev–Trinajstić information content (AvgIpc) is 3.19. The second-order valence-electron chi connectivity index (χ2n) is 12.8. The van der Waals surface area contributed by atoms with Gasteiger partial charge in [-0.15, -0.1) is 0 Å². The highest BCUT2D eigenvalue weighted by Crippen LogP contribution is 2.43. The molecular formula is C48H34O4. The number of phenols is 4. The first-order valence-electron chi connectivity index (χ1n) is 17.1. The maximum atomic E-state index is 9.98. The molecule has 0 atom stereocenters. The van der Waals surface area contributed by atoms with Crippen LogP contribution in [0.3, 0.4) is 0 Å². The van der Waals surface area contributed by atoms with Crippen LogP contribution in [0.2, 0.25) is 0 Å². The highest BCUT2D eigenvalue weighted by molar-refractivity contribution is 5.96. The fraction of sp³-hybridized carbons (Fsp3) is 0. The van der Waals surface area contributed by atoms with Crippen LogP contribution < -0.4 is 0 Å². The average molecular weight is 675 g/mol. The van der Waals surface area contributed by atoms with Gasteiger partial charge in [0.1, 0.15) is 23.0 Å². The molecular weight excluding hydrogens is 641 g/mol. The molecule has 0 radical (unpaired) electrons. The van der Waals surface area contributed by atoms with Gasteiger partial charge < -0.3 is 20.4 Å². The van der Waals surface area contributed by atoms with Gasteiger partial charge in [0, 0.05) is 0 Å². The lowest BCUT2D eigenvalue weighted by molar-refractivity contribution is 0.475. The first-order chi connectivity index (χ1) is 25.4. The summed E-state index contributed by atoms with van der Waals surface area (Å²) < 4.78 is 0. The van der Waals surface area contributed by atoms with E-state index in [0.29, 0.717) is 0 Å². The lowest BCUT2D eigenvalue weighted by atomic mass is 9.86. The van der Waals surface area contributed by atoms with E-state index >= 15 is 0 Å². The van der Waals surface area contributed by atoms with E-state index < -0.39 is 0 Å². The molecule has 0 saturated carbocycles. The lowest BCUT2D eigenvalue weighted by Crippen LogP contribution is -1.91. The van der Waals surface area contributed by atoms with E-state index in [9.17, 15) is 20.4 Å².